The number of aliphatic hydroxyl groups is 1. The van der Waals surface area contributed by atoms with Crippen molar-refractivity contribution in [1.82, 2.24) is 0 Å². The van der Waals surface area contributed by atoms with Crippen molar-refractivity contribution in [2.45, 2.75) is 251 Å². The van der Waals surface area contributed by atoms with Gasteiger partial charge in [0.1, 0.15) is 12.7 Å². The molecule has 0 fully saturated rings. The van der Waals surface area contributed by atoms with Crippen LogP contribution in [0, 0.1) is 0 Å². The number of ether oxygens (including phenoxy) is 3. The van der Waals surface area contributed by atoms with Crippen LogP contribution in [0.2, 0.25) is 0 Å². The first-order chi connectivity index (χ1) is 34.2. The van der Waals surface area contributed by atoms with Crippen LogP contribution >= 0.6 is 7.82 Å². The average molecular weight is 1010 g/mol. The highest BCUT2D eigenvalue weighted by atomic mass is 31.2. The molecular formula is C58H101O11P. The summed E-state index contributed by atoms with van der Waals surface area (Å²) in [6, 6.07) is 0. The zero-order valence-electron chi connectivity index (χ0n) is 44.5. The van der Waals surface area contributed by atoms with Gasteiger partial charge in [0.25, 0.3) is 0 Å². The fourth-order valence-electron chi connectivity index (χ4n) is 7.34. The Morgan fingerprint density at radius 1 is 0.414 bits per heavy atom. The fourth-order valence-corrected chi connectivity index (χ4v) is 8.13. The molecule has 404 valence electrons. The van der Waals surface area contributed by atoms with Crippen molar-refractivity contribution >= 4 is 25.7 Å². The van der Waals surface area contributed by atoms with Gasteiger partial charge >= 0.3 is 25.7 Å². The third-order valence-corrected chi connectivity index (χ3v) is 12.5. The molecule has 0 saturated carbocycles. The third-order valence-electron chi connectivity index (χ3n) is 11.6. The molecule has 2 N–H and O–H groups in total. The number of rotatable bonds is 51. The molecule has 0 aliphatic heterocycles. The summed E-state index contributed by atoms with van der Waals surface area (Å²) in [7, 11) is -4.75. The van der Waals surface area contributed by atoms with E-state index >= 15 is 0 Å². The molecule has 0 saturated heterocycles. The summed E-state index contributed by atoms with van der Waals surface area (Å²) in [6.07, 6.45) is 57.2. The van der Waals surface area contributed by atoms with Crippen LogP contribution in [0.4, 0.5) is 0 Å². The van der Waals surface area contributed by atoms with Crippen molar-refractivity contribution in [3.05, 3.63) is 72.9 Å². The predicted octanol–water partition coefficient (Wildman–Crippen LogP) is 16.1. The predicted molar refractivity (Wildman–Crippen MR) is 288 cm³/mol. The number of esters is 3. The van der Waals surface area contributed by atoms with Crippen LogP contribution in [0.1, 0.15) is 239 Å². The van der Waals surface area contributed by atoms with Crippen LogP contribution in [0.15, 0.2) is 72.9 Å². The first kappa shape index (κ1) is 66.9. The van der Waals surface area contributed by atoms with Crippen LogP contribution in [-0.2, 0) is 42.2 Å². The number of unbranched alkanes of at least 4 members (excludes halogenated alkanes) is 22. The van der Waals surface area contributed by atoms with Gasteiger partial charge in [0, 0.05) is 19.3 Å². The van der Waals surface area contributed by atoms with Gasteiger partial charge in [0.2, 0.25) is 0 Å². The highest BCUT2D eigenvalue weighted by Crippen LogP contribution is 2.43. The molecule has 0 amide bonds. The minimum Gasteiger partial charge on any atom is -0.462 e. The van der Waals surface area contributed by atoms with Crippen LogP contribution in [0.3, 0.4) is 0 Å². The molecule has 0 aliphatic rings. The maximum Gasteiger partial charge on any atom is 0.472 e. The van der Waals surface area contributed by atoms with Gasteiger partial charge in [0.15, 0.2) is 6.10 Å². The lowest BCUT2D eigenvalue weighted by Crippen LogP contribution is -2.30. The van der Waals surface area contributed by atoms with Crippen molar-refractivity contribution in [1.29, 1.82) is 0 Å². The van der Waals surface area contributed by atoms with Crippen molar-refractivity contribution in [2.24, 2.45) is 0 Å². The second-order valence-electron chi connectivity index (χ2n) is 18.4. The van der Waals surface area contributed by atoms with E-state index in [1.807, 2.05) is 0 Å². The number of aliphatic hydroxyl groups excluding tert-OH is 1. The minimum atomic E-state index is -4.75. The molecule has 3 unspecified atom stereocenters. The molecule has 70 heavy (non-hydrogen) atoms. The van der Waals surface area contributed by atoms with Gasteiger partial charge in [-0.05, 0) is 103 Å². The zero-order chi connectivity index (χ0) is 51.3. The van der Waals surface area contributed by atoms with E-state index in [1.165, 1.54) is 38.5 Å². The molecule has 0 aromatic carbocycles. The SMILES string of the molecule is CC/C=C\C/C=C\C/C=C\CCCCCCCCCC(=O)OCC(COP(=O)(O)OCC(CO)OC(=O)CCCCCCC/C=C\CCCCCC)OC(=O)CCCCCCC/C=C\C/C=C\CCC. The molecule has 0 bridgehead atoms. The molecule has 0 heterocycles. The number of hydrogen-bond acceptors (Lipinski definition) is 10. The topological polar surface area (TPSA) is 155 Å². The van der Waals surface area contributed by atoms with E-state index in [9.17, 15) is 28.9 Å². The maximum atomic E-state index is 12.9. The number of phosphoric ester groups is 1. The van der Waals surface area contributed by atoms with Crippen LogP contribution < -0.4 is 0 Å². The minimum absolute atomic E-state index is 0.147. The van der Waals surface area contributed by atoms with Gasteiger partial charge in [-0.3, -0.25) is 23.4 Å². The Bertz CT molecular complexity index is 1450. The summed E-state index contributed by atoms with van der Waals surface area (Å²) >= 11 is 0. The lowest BCUT2D eigenvalue weighted by molar-refractivity contribution is -0.161. The fraction of sp³-hybridized carbons (Fsp3) is 0.741. The Kier molecular flexibility index (Phi) is 50.0. The third kappa shape index (κ3) is 49.9. The molecular weight excluding hydrogens is 904 g/mol. The van der Waals surface area contributed by atoms with E-state index in [2.05, 4.69) is 93.7 Å². The maximum absolute atomic E-state index is 12.9. The van der Waals surface area contributed by atoms with Crippen molar-refractivity contribution in [3.63, 3.8) is 0 Å². The number of phosphoric acid groups is 1. The summed E-state index contributed by atoms with van der Waals surface area (Å²) in [4.78, 5) is 48.4. The normalized spacial score (nSPS) is 14.0. The van der Waals surface area contributed by atoms with E-state index in [0.29, 0.717) is 19.3 Å². The second kappa shape index (κ2) is 52.2. The zero-order valence-corrected chi connectivity index (χ0v) is 45.4. The first-order valence-corrected chi connectivity index (χ1v) is 29.3. The lowest BCUT2D eigenvalue weighted by atomic mass is 10.1. The molecule has 12 heteroatoms. The van der Waals surface area contributed by atoms with Gasteiger partial charge in [0.05, 0.1) is 19.8 Å². The van der Waals surface area contributed by atoms with E-state index in [-0.39, 0.29) is 25.9 Å². The standard InChI is InChI=1S/C58H101O11P/c1-4-7-10-13-16-19-22-25-26-27-28-31-32-35-38-41-44-47-56(60)65-51-55(69-58(62)49-46-43-40-37-34-30-24-21-18-15-12-9-6-3)53-67-70(63,64)66-52-54(50-59)68-57(61)48-45-42-39-36-33-29-23-20-17-14-11-8-5-2/h7,10,12,15-16,19-21,23-26,54-55,59H,4-6,8-9,11,13-14,17-18,22,27-53H2,1-3H3,(H,63,64)/b10-7-,15-12-,19-16-,23-20-,24-21-,26-25-. The Morgan fingerprint density at radius 2 is 0.771 bits per heavy atom. The van der Waals surface area contributed by atoms with E-state index in [4.69, 9.17) is 23.3 Å². The van der Waals surface area contributed by atoms with Crippen LogP contribution in [0.25, 0.3) is 0 Å². The van der Waals surface area contributed by atoms with Gasteiger partial charge in [-0.1, -0.05) is 190 Å². The molecule has 0 spiro atoms. The van der Waals surface area contributed by atoms with Crippen LogP contribution in [-0.4, -0.2) is 66.5 Å². The number of carbonyl (C=O) groups is 3. The van der Waals surface area contributed by atoms with Crippen LogP contribution in [0.5, 0.6) is 0 Å². The summed E-state index contributed by atoms with van der Waals surface area (Å²) in [5, 5.41) is 9.79. The largest absolute Gasteiger partial charge is 0.472 e. The molecule has 0 aromatic heterocycles. The highest BCUT2D eigenvalue weighted by Gasteiger charge is 2.28. The van der Waals surface area contributed by atoms with Gasteiger partial charge < -0.3 is 24.2 Å². The van der Waals surface area contributed by atoms with E-state index in [1.54, 1.807) is 0 Å². The summed E-state index contributed by atoms with van der Waals surface area (Å²) in [6.45, 7) is 4.42. The molecule has 0 aliphatic carbocycles. The summed E-state index contributed by atoms with van der Waals surface area (Å²) in [5.41, 5.74) is 0. The van der Waals surface area contributed by atoms with Crippen molar-refractivity contribution in [3.8, 4) is 0 Å². The Balaban J connectivity index is 4.75. The molecule has 3 atom stereocenters. The van der Waals surface area contributed by atoms with E-state index < -0.39 is 57.8 Å². The van der Waals surface area contributed by atoms with Gasteiger partial charge in [-0.25, -0.2) is 4.57 Å². The second-order valence-corrected chi connectivity index (χ2v) is 19.8. The first-order valence-electron chi connectivity index (χ1n) is 27.8. The monoisotopic (exact) mass is 1000 g/mol. The lowest BCUT2D eigenvalue weighted by Gasteiger charge is -2.21. The summed E-state index contributed by atoms with van der Waals surface area (Å²) in [5.74, 6) is -1.50. The average Bonchev–Trinajstić information content (AvgIpc) is 3.35. The molecule has 11 nitrogen and oxygen atoms in total. The van der Waals surface area contributed by atoms with Gasteiger partial charge in [-0.15, -0.1) is 0 Å². The molecule has 0 radical (unpaired) electrons. The Labute approximate surface area is 427 Å². The summed E-state index contributed by atoms with van der Waals surface area (Å²) < 4.78 is 39.4. The van der Waals surface area contributed by atoms with Gasteiger partial charge in [-0.2, -0.15) is 0 Å². The smallest absolute Gasteiger partial charge is 0.462 e. The van der Waals surface area contributed by atoms with E-state index in [0.717, 1.165) is 141 Å². The van der Waals surface area contributed by atoms with Crippen molar-refractivity contribution < 1.29 is 52.2 Å². The number of carbonyl (C=O) groups excluding carboxylic acids is 3. The highest BCUT2D eigenvalue weighted by molar-refractivity contribution is 7.47. The molecule has 0 rings (SSSR count). The van der Waals surface area contributed by atoms with Crippen molar-refractivity contribution in [2.75, 3.05) is 26.4 Å². The quantitative estimate of drug-likeness (QED) is 0.0197. The molecule has 0 aromatic rings. The number of hydrogen-bond donors (Lipinski definition) is 2. The Morgan fingerprint density at radius 3 is 1.21 bits per heavy atom. The number of allylic oxidation sites excluding steroid dienone is 12. The Hall–Kier alpha value is -3.08.